The molecule has 2 rings (SSSR count). The summed E-state index contributed by atoms with van der Waals surface area (Å²) in [6.07, 6.45) is 11.2. The van der Waals surface area contributed by atoms with Crippen LogP contribution in [0.2, 0.25) is 0 Å². The van der Waals surface area contributed by atoms with E-state index >= 15 is 0 Å². The molecule has 1 saturated carbocycles. The summed E-state index contributed by atoms with van der Waals surface area (Å²) in [7, 11) is 0. The monoisotopic (exact) mass is 280 g/mol. The molecule has 1 N–H and O–H groups in total. The highest BCUT2D eigenvalue weighted by Crippen LogP contribution is 2.29. The van der Waals surface area contributed by atoms with Crippen molar-refractivity contribution in [1.29, 1.82) is 0 Å². The third-order valence-electron chi connectivity index (χ3n) is 5.60. The molecule has 20 heavy (non-hydrogen) atoms. The highest BCUT2D eigenvalue weighted by atomic mass is 15.2. The first-order valence-corrected chi connectivity index (χ1v) is 9.18. The van der Waals surface area contributed by atoms with Crippen LogP contribution in [0.3, 0.4) is 0 Å². The predicted octanol–water partition coefficient (Wildman–Crippen LogP) is 4.06. The summed E-state index contributed by atoms with van der Waals surface area (Å²) < 4.78 is 0. The summed E-state index contributed by atoms with van der Waals surface area (Å²) in [5, 5.41) is 3.76. The summed E-state index contributed by atoms with van der Waals surface area (Å²) in [6.45, 7) is 11.0. The molecular formula is C18H36N2. The Bertz CT molecular complexity index is 264. The minimum Gasteiger partial charge on any atom is -0.314 e. The van der Waals surface area contributed by atoms with Crippen molar-refractivity contribution in [3.63, 3.8) is 0 Å². The fraction of sp³-hybridized carbons (Fsp3) is 1.00. The van der Waals surface area contributed by atoms with Crippen LogP contribution >= 0.6 is 0 Å². The minimum absolute atomic E-state index is 0.790. The van der Waals surface area contributed by atoms with E-state index in [0.29, 0.717) is 0 Å². The molecule has 0 aromatic rings. The van der Waals surface area contributed by atoms with Crippen LogP contribution in [0.15, 0.2) is 0 Å². The molecular weight excluding hydrogens is 244 g/mol. The zero-order valence-electron chi connectivity index (χ0n) is 14.0. The maximum atomic E-state index is 3.76. The van der Waals surface area contributed by atoms with E-state index in [1.807, 2.05) is 0 Å². The van der Waals surface area contributed by atoms with Gasteiger partial charge in [0.1, 0.15) is 0 Å². The van der Waals surface area contributed by atoms with Gasteiger partial charge >= 0.3 is 0 Å². The minimum atomic E-state index is 0.790. The Balaban J connectivity index is 1.81. The average molecular weight is 280 g/mol. The highest BCUT2D eigenvalue weighted by molar-refractivity contribution is 4.85. The lowest BCUT2D eigenvalue weighted by Gasteiger charge is -2.37. The summed E-state index contributed by atoms with van der Waals surface area (Å²) in [6, 6.07) is 1.65. The average Bonchev–Trinajstić information content (AvgIpc) is 2.71. The second kappa shape index (κ2) is 8.38. The highest BCUT2D eigenvalue weighted by Gasteiger charge is 2.28. The van der Waals surface area contributed by atoms with Gasteiger partial charge in [0.15, 0.2) is 0 Å². The van der Waals surface area contributed by atoms with Crippen LogP contribution in [0.25, 0.3) is 0 Å². The Labute approximate surface area is 126 Å². The second-order valence-corrected chi connectivity index (χ2v) is 7.44. The Morgan fingerprint density at radius 2 is 1.90 bits per heavy atom. The first-order chi connectivity index (χ1) is 9.70. The van der Waals surface area contributed by atoms with Crippen molar-refractivity contribution >= 4 is 0 Å². The van der Waals surface area contributed by atoms with Crippen LogP contribution in [0.5, 0.6) is 0 Å². The van der Waals surface area contributed by atoms with Gasteiger partial charge in [0, 0.05) is 12.1 Å². The first kappa shape index (κ1) is 16.3. The molecule has 0 amide bonds. The van der Waals surface area contributed by atoms with Crippen LogP contribution in [-0.2, 0) is 0 Å². The van der Waals surface area contributed by atoms with Crippen molar-refractivity contribution in [2.24, 2.45) is 11.8 Å². The lowest BCUT2D eigenvalue weighted by Crippen LogP contribution is -2.45. The largest absolute Gasteiger partial charge is 0.314 e. The molecule has 1 heterocycles. The Hall–Kier alpha value is -0.0800. The Kier molecular flexibility index (Phi) is 6.83. The molecule has 0 spiro atoms. The van der Waals surface area contributed by atoms with E-state index in [1.54, 1.807) is 0 Å². The molecule has 0 radical (unpaired) electrons. The van der Waals surface area contributed by atoms with Gasteiger partial charge in [-0.2, -0.15) is 0 Å². The van der Waals surface area contributed by atoms with Crippen LogP contribution in [0, 0.1) is 11.8 Å². The number of hydrogen-bond donors (Lipinski definition) is 1. The molecule has 3 atom stereocenters. The number of likely N-dealkylation sites (tertiary alicyclic amines) is 1. The van der Waals surface area contributed by atoms with Gasteiger partial charge in [-0.3, -0.25) is 0 Å². The van der Waals surface area contributed by atoms with Crippen LogP contribution in [-0.4, -0.2) is 36.6 Å². The second-order valence-electron chi connectivity index (χ2n) is 7.44. The van der Waals surface area contributed by atoms with Crippen molar-refractivity contribution in [2.45, 2.75) is 84.2 Å². The molecule has 0 aromatic heterocycles. The molecule has 3 unspecified atom stereocenters. The summed E-state index contributed by atoms with van der Waals surface area (Å²) in [5.41, 5.74) is 0. The smallest absolute Gasteiger partial charge is 0.0110 e. The lowest BCUT2D eigenvalue weighted by atomic mass is 9.88. The van der Waals surface area contributed by atoms with E-state index in [1.165, 1.54) is 71.0 Å². The number of hydrogen-bond acceptors (Lipinski definition) is 2. The van der Waals surface area contributed by atoms with E-state index in [0.717, 1.165) is 23.9 Å². The maximum Gasteiger partial charge on any atom is 0.0110 e. The maximum absolute atomic E-state index is 3.76. The molecule has 1 aliphatic carbocycles. The summed E-state index contributed by atoms with van der Waals surface area (Å²) in [5.74, 6) is 1.85. The van der Waals surface area contributed by atoms with Crippen molar-refractivity contribution < 1.29 is 0 Å². The third-order valence-corrected chi connectivity index (χ3v) is 5.60. The van der Waals surface area contributed by atoms with Gasteiger partial charge in [-0.15, -0.1) is 0 Å². The normalized spacial score (nSPS) is 33.3. The van der Waals surface area contributed by atoms with Gasteiger partial charge < -0.3 is 10.2 Å². The van der Waals surface area contributed by atoms with Crippen LogP contribution in [0.4, 0.5) is 0 Å². The summed E-state index contributed by atoms with van der Waals surface area (Å²) >= 11 is 0. The van der Waals surface area contributed by atoms with Gasteiger partial charge in [-0.05, 0) is 76.4 Å². The fourth-order valence-corrected chi connectivity index (χ4v) is 4.21. The Morgan fingerprint density at radius 3 is 2.65 bits per heavy atom. The zero-order valence-corrected chi connectivity index (χ0v) is 14.0. The molecule has 118 valence electrons. The van der Waals surface area contributed by atoms with E-state index in [2.05, 4.69) is 31.0 Å². The fourth-order valence-electron chi connectivity index (χ4n) is 4.21. The molecule has 1 aliphatic heterocycles. The topological polar surface area (TPSA) is 15.3 Å². The first-order valence-electron chi connectivity index (χ1n) is 9.18. The zero-order chi connectivity index (χ0) is 14.4. The molecule has 2 heteroatoms. The van der Waals surface area contributed by atoms with Gasteiger partial charge in [0.25, 0.3) is 0 Å². The van der Waals surface area contributed by atoms with E-state index in [-0.39, 0.29) is 0 Å². The van der Waals surface area contributed by atoms with Crippen molar-refractivity contribution in [3.05, 3.63) is 0 Å². The molecule has 0 aromatic carbocycles. The lowest BCUT2D eigenvalue weighted by molar-refractivity contribution is 0.141. The van der Waals surface area contributed by atoms with Crippen LogP contribution in [0.1, 0.15) is 72.1 Å². The molecule has 0 bridgehead atoms. The SMILES string of the molecule is CCCNC1CCCC(N2CCCC(C(C)C)CC2)C1. The van der Waals surface area contributed by atoms with Gasteiger partial charge in [-0.25, -0.2) is 0 Å². The quantitative estimate of drug-likeness (QED) is 0.817. The number of nitrogens with zero attached hydrogens (tertiary/aromatic N) is 1. The third kappa shape index (κ3) is 4.73. The van der Waals surface area contributed by atoms with Crippen molar-refractivity contribution in [2.75, 3.05) is 19.6 Å². The van der Waals surface area contributed by atoms with Gasteiger partial charge in [-0.1, -0.05) is 27.2 Å². The summed E-state index contributed by atoms with van der Waals surface area (Å²) in [4.78, 5) is 2.84. The van der Waals surface area contributed by atoms with Crippen molar-refractivity contribution in [3.8, 4) is 0 Å². The predicted molar refractivity (Wildman–Crippen MR) is 88.1 cm³/mol. The molecule has 2 nitrogen and oxygen atoms in total. The standard InChI is InChI=1S/C18H36N2/c1-4-11-19-17-8-5-9-18(14-17)20-12-6-7-16(10-13-20)15(2)3/h15-19H,4-14H2,1-3H3. The molecule has 2 aliphatic rings. The van der Waals surface area contributed by atoms with Gasteiger partial charge in [0.05, 0.1) is 0 Å². The van der Waals surface area contributed by atoms with Gasteiger partial charge in [0.2, 0.25) is 0 Å². The van der Waals surface area contributed by atoms with E-state index in [9.17, 15) is 0 Å². The molecule has 2 fully saturated rings. The number of nitrogens with one attached hydrogen (secondary N) is 1. The number of rotatable bonds is 5. The van der Waals surface area contributed by atoms with E-state index in [4.69, 9.17) is 0 Å². The Morgan fingerprint density at radius 1 is 1.05 bits per heavy atom. The molecule has 1 saturated heterocycles. The van der Waals surface area contributed by atoms with Crippen molar-refractivity contribution in [1.82, 2.24) is 10.2 Å². The van der Waals surface area contributed by atoms with Crippen LogP contribution < -0.4 is 5.32 Å². The van der Waals surface area contributed by atoms with E-state index < -0.39 is 0 Å².